The summed E-state index contributed by atoms with van der Waals surface area (Å²) in [6.07, 6.45) is 2.16. The Bertz CT molecular complexity index is 1380. The Labute approximate surface area is 232 Å². The molecule has 10 nitrogen and oxygen atoms in total. The quantitative estimate of drug-likeness (QED) is 0.505. The third-order valence-corrected chi connectivity index (χ3v) is 11.2. The maximum atomic E-state index is 14.2. The predicted molar refractivity (Wildman–Crippen MR) is 139 cm³/mol. The van der Waals surface area contributed by atoms with Crippen molar-refractivity contribution in [3.8, 4) is 0 Å². The van der Waals surface area contributed by atoms with E-state index in [9.17, 15) is 32.0 Å². The Kier molecular flexibility index (Phi) is 6.66. The van der Waals surface area contributed by atoms with E-state index in [1.54, 1.807) is 12.1 Å². The van der Waals surface area contributed by atoms with Crippen molar-refractivity contribution >= 4 is 33.7 Å². The van der Waals surface area contributed by atoms with Gasteiger partial charge in [-0.2, -0.15) is 0 Å². The van der Waals surface area contributed by atoms with Gasteiger partial charge in [-0.1, -0.05) is 25.5 Å². The Morgan fingerprint density at radius 3 is 2.62 bits per heavy atom. The average Bonchev–Trinajstić information content (AvgIpc) is 3.81. The number of nitrogens with one attached hydrogen (secondary N) is 1. The molecular weight excluding hydrogens is 541 g/mol. The molecule has 0 unspecified atom stereocenters. The molecular formula is C28H34FN3O7S. The zero-order valence-electron chi connectivity index (χ0n) is 22.4. The number of carbonyl (C=O) groups is 4. The van der Waals surface area contributed by atoms with E-state index < -0.39 is 50.9 Å². The third kappa shape index (κ3) is 4.67. The Balaban J connectivity index is 1.16. The van der Waals surface area contributed by atoms with Crippen LogP contribution in [0, 0.1) is 17.2 Å². The molecule has 0 radical (unpaired) electrons. The molecule has 4 fully saturated rings. The molecule has 0 bridgehead atoms. The van der Waals surface area contributed by atoms with Gasteiger partial charge in [0.1, 0.15) is 11.9 Å². The number of Topliss-reactive ketones (excluding diaryl/α,β-unsaturated/α-hetero) is 1. The Morgan fingerprint density at radius 2 is 1.95 bits per heavy atom. The van der Waals surface area contributed by atoms with Crippen molar-refractivity contribution in [2.75, 3.05) is 0 Å². The highest BCUT2D eigenvalue weighted by molar-refractivity contribution is 7.90. The van der Waals surface area contributed by atoms with Crippen LogP contribution in [-0.4, -0.2) is 65.3 Å². The number of rotatable bonds is 8. The second-order valence-electron chi connectivity index (χ2n) is 12.0. The number of carbonyl (C=O) groups excluding carboxylic acids is 4. The Hall–Kier alpha value is -3.02. The second-order valence-corrected chi connectivity index (χ2v) is 13.9. The van der Waals surface area contributed by atoms with Crippen LogP contribution < -0.4 is 4.72 Å². The molecule has 1 aromatic rings. The second kappa shape index (κ2) is 9.81. The van der Waals surface area contributed by atoms with Gasteiger partial charge in [-0.25, -0.2) is 17.6 Å². The van der Waals surface area contributed by atoms with Gasteiger partial charge in [0.15, 0.2) is 5.78 Å². The molecule has 2 saturated carbocycles. The van der Waals surface area contributed by atoms with Gasteiger partial charge >= 0.3 is 6.09 Å². The summed E-state index contributed by atoms with van der Waals surface area (Å²) in [5, 5.41) is -0.556. The molecule has 12 heteroatoms. The molecule has 1 aromatic carbocycles. The van der Waals surface area contributed by atoms with E-state index in [2.05, 4.69) is 4.72 Å². The van der Waals surface area contributed by atoms with Crippen LogP contribution in [0.3, 0.4) is 0 Å². The van der Waals surface area contributed by atoms with Gasteiger partial charge in [0, 0.05) is 31.4 Å². The summed E-state index contributed by atoms with van der Waals surface area (Å²) in [6.45, 7) is 2.20. The number of amides is 3. The molecule has 2 aliphatic carbocycles. The zero-order valence-corrected chi connectivity index (χ0v) is 23.3. The van der Waals surface area contributed by atoms with Gasteiger partial charge in [0.25, 0.3) is 0 Å². The van der Waals surface area contributed by atoms with E-state index in [1.165, 1.54) is 15.9 Å². The topological polar surface area (TPSA) is 130 Å². The number of ether oxygens (including phenoxy) is 1. The summed E-state index contributed by atoms with van der Waals surface area (Å²) in [5.41, 5.74) is 0.0612. The highest BCUT2D eigenvalue weighted by Gasteiger charge is 2.62. The summed E-state index contributed by atoms with van der Waals surface area (Å²) in [4.78, 5) is 56.0. The molecule has 3 heterocycles. The van der Waals surface area contributed by atoms with Crippen LogP contribution in [0.2, 0.25) is 0 Å². The van der Waals surface area contributed by atoms with E-state index in [1.807, 2.05) is 6.92 Å². The third-order valence-electron chi connectivity index (χ3n) is 9.43. The lowest BCUT2D eigenvalue weighted by molar-refractivity contribution is -0.143. The van der Waals surface area contributed by atoms with Crippen LogP contribution in [0.25, 0.3) is 0 Å². The summed E-state index contributed by atoms with van der Waals surface area (Å²) in [7, 11) is -3.76. The van der Waals surface area contributed by atoms with Crippen LogP contribution in [0.15, 0.2) is 18.2 Å². The lowest BCUT2D eigenvalue weighted by Crippen LogP contribution is -2.50. The van der Waals surface area contributed by atoms with Gasteiger partial charge < -0.3 is 9.64 Å². The number of ketones is 1. The maximum Gasteiger partial charge on any atom is 0.410 e. The van der Waals surface area contributed by atoms with Gasteiger partial charge in [-0.05, 0) is 49.7 Å². The van der Waals surface area contributed by atoms with E-state index in [4.69, 9.17) is 4.74 Å². The van der Waals surface area contributed by atoms with Crippen molar-refractivity contribution in [2.45, 2.75) is 101 Å². The van der Waals surface area contributed by atoms with E-state index in [0.29, 0.717) is 49.7 Å². The summed E-state index contributed by atoms with van der Waals surface area (Å²) >= 11 is 0. The van der Waals surface area contributed by atoms with E-state index in [0.717, 1.165) is 0 Å². The number of hydrogen-bond donors (Lipinski definition) is 1. The molecule has 40 heavy (non-hydrogen) atoms. The van der Waals surface area contributed by atoms with Crippen LogP contribution >= 0.6 is 0 Å². The molecule has 3 amide bonds. The van der Waals surface area contributed by atoms with Crippen molar-refractivity contribution in [1.29, 1.82) is 0 Å². The minimum Gasteiger partial charge on any atom is -0.444 e. The van der Waals surface area contributed by atoms with Crippen LogP contribution in [0.5, 0.6) is 0 Å². The molecule has 2 saturated heterocycles. The molecule has 5 atom stereocenters. The minimum atomic E-state index is -3.76. The van der Waals surface area contributed by atoms with Crippen LogP contribution in [-0.2, 0) is 42.2 Å². The number of nitrogens with zero attached hydrogens (tertiary/aromatic N) is 2. The number of sulfonamides is 1. The number of hydrogen-bond acceptors (Lipinski definition) is 7. The molecule has 216 valence electrons. The molecule has 5 aliphatic rings. The lowest BCUT2D eigenvalue weighted by Gasteiger charge is -2.35. The monoisotopic (exact) mass is 575 g/mol. The molecule has 1 N–H and O–H groups in total. The number of halogens is 1. The highest BCUT2D eigenvalue weighted by Crippen LogP contribution is 2.58. The standard InChI is InChI=1S/C28H34FN3O7S/c1-2-17-12-28(17,26(35)30-40(37,38)18-9-10-18)13-23(33)22-11-24(21-7-4-8-25(34)32(21)22)39-27(36)31-14-16-5-3-6-20(29)19(16)15-31/h3,5-6,17-18,21-22,24H,2,4,7-15H2,1H3,(H,30,35)/t17-,21-,22+,24-,28-/m1/s1. The lowest BCUT2D eigenvalue weighted by atomic mass is 9.91. The molecule has 6 rings (SSSR count). The van der Waals surface area contributed by atoms with Crippen molar-refractivity contribution in [2.24, 2.45) is 11.3 Å². The van der Waals surface area contributed by atoms with Crippen molar-refractivity contribution in [3.63, 3.8) is 0 Å². The fraction of sp³-hybridized carbons (Fsp3) is 0.643. The normalized spacial score (nSPS) is 31.0. The van der Waals surface area contributed by atoms with E-state index in [-0.39, 0.29) is 55.8 Å². The SMILES string of the molecule is CC[C@@H]1C[C@]1(CC(=O)[C@@H]1C[C@@H](OC(=O)N2Cc3cccc(F)c3C2)[C@H]2CCCC(=O)N21)C(=O)NS(=O)(=O)C1CC1. The first-order valence-electron chi connectivity index (χ1n) is 14.2. The number of fused-ring (bicyclic) bond motifs is 2. The smallest absolute Gasteiger partial charge is 0.410 e. The molecule has 0 spiro atoms. The fourth-order valence-electron chi connectivity index (χ4n) is 6.92. The summed E-state index contributed by atoms with van der Waals surface area (Å²) in [6, 6.07) is 3.40. The maximum absolute atomic E-state index is 14.2. The van der Waals surface area contributed by atoms with Crippen LogP contribution in [0.1, 0.15) is 75.8 Å². The van der Waals surface area contributed by atoms with Crippen molar-refractivity contribution in [3.05, 3.63) is 35.1 Å². The van der Waals surface area contributed by atoms with Gasteiger partial charge in [-0.3, -0.25) is 24.0 Å². The zero-order chi connectivity index (χ0) is 28.4. The first-order valence-corrected chi connectivity index (χ1v) is 15.7. The predicted octanol–water partition coefficient (Wildman–Crippen LogP) is 2.78. The van der Waals surface area contributed by atoms with Gasteiger partial charge in [-0.15, -0.1) is 0 Å². The largest absolute Gasteiger partial charge is 0.444 e. The first kappa shape index (κ1) is 27.2. The highest BCUT2D eigenvalue weighted by atomic mass is 32.2. The first-order chi connectivity index (χ1) is 19.0. The molecule has 0 aromatic heterocycles. The van der Waals surface area contributed by atoms with E-state index >= 15 is 0 Å². The summed E-state index contributed by atoms with van der Waals surface area (Å²) < 4.78 is 47.2. The molecule has 3 aliphatic heterocycles. The van der Waals surface area contributed by atoms with Crippen molar-refractivity contribution in [1.82, 2.24) is 14.5 Å². The minimum absolute atomic E-state index is 0.0863. The van der Waals surface area contributed by atoms with Crippen molar-refractivity contribution < 1.29 is 36.7 Å². The average molecular weight is 576 g/mol. The fourth-order valence-corrected chi connectivity index (χ4v) is 8.30. The van der Waals surface area contributed by atoms with Gasteiger partial charge in [0.2, 0.25) is 21.8 Å². The number of benzene rings is 1. The Morgan fingerprint density at radius 1 is 1.18 bits per heavy atom. The summed E-state index contributed by atoms with van der Waals surface area (Å²) in [5.74, 6) is -1.64. The number of piperidine rings is 1. The van der Waals surface area contributed by atoms with Crippen LogP contribution in [0.4, 0.5) is 9.18 Å². The van der Waals surface area contributed by atoms with Gasteiger partial charge in [0.05, 0.1) is 29.3 Å².